The fraction of sp³-hybridized carbons (Fsp3) is 0.800. The number of carboxylic acids is 1. The second-order valence-corrected chi connectivity index (χ2v) is 13.2. The molecule has 0 aliphatic carbocycles. The summed E-state index contributed by atoms with van der Waals surface area (Å²) < 4.78 is 168. The molecular weight excluding hydrogens is 712 g/mol. The lowest BCUT2D eigenvalue weighted by atomic mass is 9.99. The average Bonchev–Trinajstić information content (AvgIpc) is 3.00. The maximum absolute atomic E-state index is 13.6. The Hall–Kier alpha value is -2.55. The van der Waals surface area contributed by atoms with E-state index >= 15 is 0 Å². The molecule has 1 unspecified atom stereocenters. The maximum atomic E-state index is 13.6. The molecule has 0 aromatic heterocycles. The first-order valence-corrected chi connectivity index (χ1v) is 17.4. The predicted molar refractivity (Wildman–Crippen MR) is 169 cm³/mol. The minimum absolute atomic E-state index is 0.00992. The van der Waals surface area contributed by atoms with Gasteiger partial charge in [0.15, 0.2) is 11.5 Å². The summed E-state index contributed by atoms with van der Waals surface area (Å²) in [6, 6.07) is 4.26. The number of carboxylic acid groups (broad SMARTS) is 1. The minimum atomic E-state index is -6.09. The van der Waals surface area contributed by atoms with Crippen molar-refractivity contribution in [2.24, 2.45) is 0 Å². The predicted octanol–water partition coefficient (Wildman–Crippen LogP) is 13.0. The van der Waals surface area contributed by atoms with E-state index in [1.807, 2.05) is 0 Å². The fourth-order valence-corrected chi connectivity index (χ4v) is 5.39. The molecule has 0 radical (unpaired) electrons. The molecule has 0 aliphatic rings. The van der Waals surface area contributed by atoms with Gasteiger partial charge in [-0.3, -0.25) is 0 Å². The van der Waals surface area contributed by atoms with Crippen LogP contribution in [0.2, 0.25) is 0 Å². The third-order valence-corrected chi connectivity index (χ3v) is 8.19. The van der Waals surface area contributed by atoms with Gasteiger partial charge < -0.3 is 14.6 Å². The number of hydrogen-bond acceptors (Lipinski definition) is 3. The van der Waals surface area contributed by atoms with Crippen molar-refractivity contribution >= 4 is 5.97 Å². The van der Waals surface area contributed by atoms with Crippen molar-refractivity contribution in [2.75, 3.05) is 13.2 Å². The normalized spacial score (nSPS) is 13.7. The van der Waals surface area contributed by atoms with E-state index in [0.717, 1.165) is 38.5 Å². The summed E-state index contributed by atoms with van der Waals surface area (Å²) in [6.45, 7) is 1.09. The first-order valence-electron chi connectivity index (χ1n) is 17.4. The molecule has 1 rings (SSSR count). The Bertz CT molecular complexity index is 1120. The largest absolute Gasteiger partial charge is 0.490 e. The molecule has 1 aromatic rings. The van der Waals surface area contributed by atoms with Gasteiger partial charge in [-0.1, -0.05) is 77.0 Å². The monoisotopic (exact) mass is 762 g/mol. The van der Waals surface area contributed by atoms with Crippen LogP contribution in [0, 0.1) is 0 Å². The van der Waals surface area contributed by atoms with Crippen molar-refractivity contribution in [1.82, 2.24) is 0 Å². The number of alkyl halides is 12. The molecule has 0 fully saturated rings. The molecule has 16 heteroatoms. The third kappa shape index (κ3) is 19.2. The van der Waals surface area contributed by atoms with Crippen LogP contribution in [0.15, 0.2) is 18.2 Å². The maximum Gasteiger partial charge on any atom is 0.425 e. The van der Waals surface area contributed by atoms with Crippen LogP contribution in [-0.2, 0) is 0 Å². The molecule has 0 heterocycles. The van der Waals surface area contributed by atoms with Crippen molar-refractivity contribution in [2.45, 2.75) is 165 Å². The highest BCUT2D eigenvalue weighted by Gasteiger charge is 2.68. The Kier molecular flexibility index (Phi) is 19.9. The number of hydrogen-bond donors (Lipinski definition) is 1. The Labute approximate surface area is 291 Å². The van der Waals surface area contributed by atoms with E-state index in [4.69, 9.17) is 9.47 Å². The number of ether oxygens (including phenoxy) is 2. The zero-order valence-electron chi connectivity index (χ0n) is 28.9. The van der Waals surface area contributed by atoms with Gasteiger partial charge in [-0.15, -0.1) is 0 Å². The number of carbonyl (C=O) groups is 1. The number of rotatable bonds is 29. The molecule has 0 saturated carbocycles. The van der Waals surface area contributed by atoms with Crippen LogP contribution in [0.3, 0.4) is 0 Å². The van der Waals surface area contributed by atoms with Crippen molar-refractivity contribution in [1.29, 1.82) is 0 Å². The Morgan fingerprint density at radius 3 is 1.47 bits per heavy atom. The molecule has 298 valence electrons. The lowest BCUT2D eigenvalue weighted by Crippen LogP contribution is -2.53. The molecule has 0 aliphatic heterocycles. The third-order valence-electron chi connectivity index (χ3n) is 8.19. The summed E-state index contributed by atoms with van der Waals surface area (Å²) in [5.74, 6) is -18.2. The highest BCUT2D eigenvalue weighted by Crippen LogP contribution is 2.46. The highest BCUT2D eigenvalue weighted by atomic mass is 19.4. The van der Waals surface area contributed by atoms with E-state index in [1.165, 1.54) is 18.2 Å². The molecule has 0 bridgehead atoms. The molecule has 0 amide bonds. The van der Waals surface area contributed by atoms with Crippen LogP contribution in [-0.4, -0.2) is 60.3 Å². The molecule has 1 atom stereocenters. The summed E-state index contributed by atoms with van der Waals surface area (Å²) in [6.07, 6.45) is -5.67. The standard InChI is InChI=1S/C35H50F12O4/c1-31(37,38)25-32(39,40)20-14-10-6-2-4-8-12-16-22-50-27-19-18-26(29(48)49)24-28(27)51-23-17-13-9-5-3-7-11-15-21-33(41,42)34(43,44)30(36)35(45,46)47/h18-19,24,30H,2-17,20-23,25H2,1H3,(H,48,49). The van der Waals surface area contributed by atoms with Gasteiger partial charge in [-0.25, -0.2) is 26.7 Å². The molecule has 51 heavy (non-hydrogen) atoms. The number of unbranched alkanes of at least 4 members (excludes halogenated alkanes) is 14. The van der Waals surface area contributed by atoms with Crippen LogP contribution in [0.25, 0.3) is 0 Å². The van der Waals surface area contributed by atoms with Gasteiger partial charge in [-0.05, 0) is 50.8 Å². The highest BCUT2D eigenvalue weighted by molar-refractivity contribution is 5.88. The van der Waals surface area contributed by atoms with E-state index in [9.17, 15) is 62.6 Å². The summed E-state index contributed by atoms with van der Waals surface area (Å²) in [5.41, 5.74) is 0.00992. The van der Waals surface area contributed by atoms with Crippen LogP contribution < -0.4 is 9.47 Å². The van der Waals surface area contributed by atoms with Gasteiger partial charge in [-0.2, -0.15) is 30.7 Å². The molecule has 0 saturated heterocycles. The van der Waals surface area contributed by atoms with Crippen molar-refractivity contribution in [3.8, 4) is 11.5 Å². The average molecular weight is 763 g/mol. The van der Waals surface area contributed by atoms with E-state index in [-0.39, 0.29) is 30.8 Å². The molecule has 1 N–H and O–H groups in total. The topological polar surface area (TPSA) is 55.8 Å². The quantitative estimate of drug-likeness (QED) is 0.0652. The second-order valence-electron chi connectivity index (χ2n) is 13.2. The van der Waals surface area contributed by atoms with E-state index < -0.39 is 67.7 Å². The fourth-order valence-electron chi connectivity index (χ4n) is 5.39. The molecular formula is C35H50F12O4. The van der Waals surface area contributed by atoms with Crippen molar-refractivity contribution < 1.29 is 72.1 Å². The van der Waals surface area contributed by atoms with Crippen molar-refractivity contribution in [3.05, 3.63) is 23.8 Å². The van der Waals surface area contributed by atoms with Gasteiger partial charge in [0.1, 0.15) is 0 Å². The molecule has 0 spiro atoms. The van der Waals surface area contributed by atoms with Gasteiger partial charge in [0.25, 0.3) is 18.0 Å². The van der Waals surface area contributed by atoms with Crippen LogP contribution in [0.4, 0.5) is 52.7 Å². The van der Waals surface area contributed by atoms with Crippen LogP contribution in [0.5, 0.6) is 11.5 Å². The van der Waals surface area contributed by atoms with Gasteiger partial charge >= 0.3 is 24.0 Å². The summed E-state index contributed by atoms with van der Waals surface area (Å²) >= 11 is 0. The summed E-state index contributed by atoms with van der Waals surface area (Å²) in [7, 11) is 0. The zero-order valence-corrected chi connectivity index (χ0v) is 28.9. The van der Waals surface area contributed by atoms with Crippen LogP contribution >= 0.6 is 0 Å². The van der Waals surface area contributed by atoms with Gasteiger partial charge in [0, 0.05) is 12.8 Å². The van der Waals surface area contributed by atoms with E-state index in [1.54, 1.807) is 0 Å². The Morgan fingerprint density at radius 1 is 0.627 bits per heavy atom. The van der Waals surface area contributed by atoms with E-state index in [0.29, 0.717) is 64.2 Å². The minimum Gasteiger partial charge on any atom is -0.490 e. The lowest BCUT2D eigenvalue weighted by molar-refractivity contribution is -0.307. The second kappa shape index (κ2) is 21.9. The number of benzene rings is 1. The lowest BCUT2D eigenvalue weighted by Gasteiger charge is -2.30. The summed E-state index contributed by atoms with van der Waals surface area (Å²) in [5, 5.41) is 9.33. The summed E-state index contributed by atoms with van der Waals surface area (Å²) in [4.78, 5) is 11.4. The van der Waals surface area contributed by atoms with E-state index in [2.05, 4.69) is 0 Å². The SMILES string of the molecule is CC(F)(F)CC(F)(F)CCCCCCCCCCOc1ccc(C(=O)O)cc1OCCCCCCCCCCC(F)(F)C(F)(F)C(F)C(F)(F)F. The number of halogens is 12. The Morgan fingerprint density at radius 2 is 1.04 bits per heavy atom. The van der Waals surface area contributed by atoms with Crippen LogP contribution in [0.1, 0.15) is 139 Å². The van der Waals surface area contributed by atoms with Gasteiger partial charge in [0.2, 0.25) is 0 Å². The zero-order chi connectivity index (χ0) is 38.8. The Balaban J connectivity index is 2.25. The van der Waals surface area contributed by atoms with Gasteiger partial charge in [0.05, 0.1) is 25.2 Å². The molecule has 4 nitrogen and oxygen atoms in total. The molecule has 1 aromatic carbocycles. The first-order chi connectivity index (χ1) is 23.6. The van der Waals surface area contributed by atoms with Crippen molar-refractivity contribution in [3.63, 3.8) is 0 Å². The number of aromatic carboxylic acids is 1. The smallest absolute Gasteiger partial charge is 0.425 e. The first kappa shape index (κ1) is 46.5.